The summed E-state index contributed by atoms with van der Waals surface area (Å²) in [6.07, 6.45) is 0. The van der Waals surface area contributed by atoms with Gasteiger partial charge in [-0.25, -0.2) is 0 Å². The van der Waals surface area contributed by atoms with Crippen molar-refractivity contribution in [1.29, 1.82) is 0 Å². The van der Waals surface area contributed by atoms with Crippen molar-refractivity contribution in [2.75, 3.05) is 5.33 Å². The van der Waals surface area contributed by atoms with E-state index in [0.29, 0.717) is 0 Å². The third kappa shape index (κ3) is 5.31. The lowest BCUT2D eigenvalue weighted by molar-refractivity contribution is 1.09. The van der Waals surface area contributed by atoms with Gasteiger partial charge in [0.15, 0.2) is 0 Å². The Bertz CT molecular complexity index is 38.5. The van der Waals surface area contributed by atoms with Crippen LogP contribution in [0.3, 0.4) is 0 Å². The lowest BCUT2D eigenvalue weighted by Gasteiger charge is -2.07. The van der Waals surface area contributed by atoms with Crippen LogP contribution in [0.1, 0.15) is 6.92 Å². The molecule has 0 spiro atoms. The molecule has 0 aliphatic heterocycles. The molecule has 38 valence electrons. The van der Waals surface area contributed by atoms with Gasteiger partial charge in [-0.05, 0) is 6.92 Å². The van der Waals surface area contributed by atoms with Crippen molar-refractivity contribution in [3.05, 3.63) is 0 Å². The first-order valence-corrected chi connectivity index (χ1v) is 3.90. The summed E-state index contributed by atoms with van der Waals surface area (Å²) in [6, 6.07) is 0. The molecule has 1 atom stereocenters. The topological polar surface area (TPSA) is 0 Å². The standard InChI is InChI=1S/C3H6Br2S/c1-3(5,6)2-4/h6H,2H2,1H3. The number of halogens is 2. The van der Waals surface area contributed by atoms with Crippen LogP contribution in [0.4, 0.5) is 0 Å². The molecule has 0 amide bonds. The maximum atomic E-state index is 4.12. The molecule has 0 aromatic heterocycles. The van der Waals surface area contributed by atoms with Gasteiger partial charge >= 0.3 is 0 Å². The van der Waals surface area contributed by atoms with Crippen molar-refractivity contribution >= 4 is 44.5 Å². The summed E-state index contributed by atoms with van der Waals surface area (Å²) in [5.74, 6) is 0. The van der Waals surface area contributed by atoms with Gasteiger partial charge in [0.05, 0.1) is 3.66 Å². The highest BCUT2D eigenvalue weighted by Crippen LogP contribution is 2.23. The van der Waals surface area contributed by atoms with Crippen LogP contribution in [0, 0.1) is 0 Å². The zero-order valence-corrected chi connectivity index (χ0v) is 7.48. The number of rotatable bonds is 1. The van der Waals surface area contributed by atoms with Crippen LogP contribution in [0.25, 0.3) is 0 Å². The van der Waals surface area contributed by atoms with Crippen LogP contribution in [0.15, 0.2) is 0 Å². The summed E-state index contributed by atoms with van der Waals surface area (Å²) in [6.45, 7) is 1.98. The smallest absolute Gasteiger partial charge is 0.0747 e. The first-order chi connectivity index (χ1) is 2.56. The Morgan fingerprint density at radius 1 is 1.83 bits per heavy atom. The molecule has 0 saturated carbocycles. The first kappa shape index (κ1) is 7.31. The molecule has 0 aliphatic carbocycles. The Morgan fingerprint density at radius 2 is 2.00 bits per heavy atom. The van der Waals surface area contributed by atoms with Gasteiger partial charge in [-0.2, -0.15) is 12.6 Å². The van der Waals surface area contributed by atoms with E-state index < -0.39 is 0 Å². The van der Waals surface area contributed by atoms with Crippen molar-refractivity contribution < 1.29 is 0 Å². The fourth-order valence-corrected chi connectivity index (χ4v) is 0. The average molecular weight is 234 g/mol. The third-order valence-corrected chi connectivity index (χ3v) is 2.99. The van der Waals surface area contributed by atoms with E-state index in [-0.39, 0.29) is 3.66 Å². The third-order valence-electron chi connectivity index (χ3n) is 0.244. The molecule has 0 aromatic rings. The molecule has 6 heavy (non-hydrogen) atoms. The minimum Gasteiger partial charge on any atom is -0.160 e. The van der Waals surface area contributed by atoms with Crippen molar-refractivity contribution in [3.63, 3.8) is 0 Å². The van der Waals surface area contributed by atoms with E-state index >= 15 is 0 Å². The van der Waals surface area contributed by atoms with Gasteiger partial charge in [0, 0.05) is 5.33 Å². The Kier molecular flexibility index (Phi) is 3.14. The SMILES string of the molecule is CC(S)(Br)CBr. The minimum absolute atomic E-state index is 0.0347. The predicted octanol–water partition coefficient (Wildman–Crippen LogP) is 2.42. The molecular weight excluding hydrogens is 228 g/mol. The summed E-state index contributed by atoms with van der Waals surface area (Å²) in [4.78, 5) is 0. The van der Waals surface area contributed by atoms with E-state index in [1.807, 2.05) is 6.92 Å². The van der Waals surface area contributed by atoms with E-state index in [0.717, 1.165) is 5.33 Å². The molecule has 0 radical (unpaired) electrons. The molecule has 0 saturated heterocycles. The Balaban J connectivity index is 3.17. The summed E-state index contributed by atoms with van der Waals surface area (Å²) in [7, 11) is 0. The minimum atomic E-state index is -0.0347. The molecule has 0 fully saturated rings. The highest BCUT2D eigenvalue weighted by atomic mass is 79.9. The highest BCUT2D eigenvalue weighted by molar-refractivity contribution is 9.13. The molecule has 0 bridgehead atoms. The molecule has 0 aromatic carbocycles. The van der Waals surface area contributed by atoms with Gasteiger partial charge in [0.2, 0.25) is 0 Å². The quantitative estimate of drug-likeness (QED) is 0.522. The molecule has 1 unspecified atom stereocenters. The number of thiol groups is 1. The van der Waals surface area contributed by atoms with Gasteiger partial charge in [-0.3, -0.25) is 0 Å². The van der Waals surface area contributed by atoms with E-state index in [9.17, 15) is 0 Å². The van der Waals surface area contributed by atoms with Crippen molar-refractivity contribution in [3.8, 4) is 0 Å². The van der Waals surface area contributed by atoms with Gasteiger partial charge in [-0.15, -0.1) is 0 Å². The molecule has 0 rings (SSSR count). The van der Waals surface area contributed by atoms with Crippen LogP contribution < -0.4 is 0 Å². The van der Waals surface area contributed by atoms with E-state index in [4.69, 9.17) is 0 Å². The summed E-state index contributed by atoms with van der Waals surface area (Å²) < 4.78 is -0.0347. The number of alkyl halides is 2. The van der Waals surface area contributed by atoms with Gasteiger partial charge < -0.3 is 0 Å². The van der Waals surface area contributed by atoms with Crippen LogP contribution in [0.5, 0.6) is 0 Å². The Labute approximate surface area is 60.4 Å². The van der Waals surface area contributed by atoms with Gasteiger partial charge in [0.25, 0.3) is 0 Å². The zero-order valence-electron chi connectivity index (χ0n) is 3.41. The molecular formula is C3H6Br2S. The van der Waals surface area contributed by atoms with Crippen molar-refractivity contribution in [2.24, 2.45) is 0 Å². The fourth-order valence-electron chi connectivity index (χ4n) is 0. The number of hydrogen-bond acceptors (Lipinski definition) is 1. The maximum absolute atomic E-state index is 4.12. The second-order valence-electron chi connectivity index (χ2n) is 1.28. The summed E-state index contributed by atoms with van der Waals surface area (Å²) >= 11 is 10.7. The Hall–Kier alpha value is 1.31. The molecule has 0 heterocycles. The lowest BCUT2D eigenvalue weighted by Crippen LogP contribution is -2.05. The molecule has 0 nitrogen and oxygen atoms in total. The van der Waals surface area contributed by atoms with Crippen LogP contribution in [-0.2, 0) is 0 Å². The van der Waals surface area contributed by atoms with Crippen molar-refractivity contribution in [2.45, 2.75) is 10.6 Å². The van der Waals surface area contributed by atoms with E-state index in [2.05, 4.69) is 44.5 Å². The van der Waals surface area contributed by atoms with E-state index in [1.54, 1.807) is 0 Å². The predicted molar refractivity (Wildman–Crippen MR) is 40.1 cm³/mol. The zero-order chi connectivity index (χ0) is 5.21. The van der Waals surface area contributed by atoms with Gasteiger partial charge in [0.1, 0.15) is 0 Å². The van der Waals surface area contributed by atoms with Crippen LogP contribution in [-0.4, -0.2) is 8.99 Å². The van der Waals surface area contributed by atoms with E-state index in [1.165, 1.54) is 0 Å². The normalized spacial score (nSPS) is 20.0. The number of hydrogen-bond donors (Lipinski definition) is 1. The lowest BCUT2D eigenvalue weighted by atomic mass is 10.6. The molecule has 3 heteroatoms. The molecule has 0 aliphatic rings. The largest absolute Gasteiger partial charge is 0.160 e. The monoisotopic (exact) mass is 232 g/mol. The molecule has 0 N–H and O–H groups in total. The fraction of sp³-hybridized carbons (Fsp3) is 1.00. The summed E-state index contributed by atoms with van der Waals surface area (Å²) in [5.41, 5.74) is 0. The first-order valence-electron chi connectivity index (χ1n) is 1.53. The van der Waals surface area contributed by atoms with Crippen molar-refractivity contribution in [1.82, 2.24) is 0 Å². The van der Waals surface area contributed by atoms with Crippen LogP contribution >= 0.6 is 44.5 Å². The highest BCUT2D eigenvalue weighted by Gasteiger charge is 2.08. The summed E-state index contributed by atoms with van der Waals surface area (Å²) in [5, 5.41) is 0.864. The van der Waals surface area contributed by atoms with Crippen LogP contribution in [0.2, 0.25) is 0 Å². The second-order valence-corrected chi connectivity index (χ2v) is 5.19. The second kappa shape index (κ2) is 2.58. The Morgan fingerprint density at radius 3 is 2.00 bits per heavy atom. The average Bonchev–Trinajstić information content (AvgIpc) is 1.35. The van der Waals surface area contributed by atoms with Gasteiger partial charge in [-0.1, -0.05) is 31.9 Å². The maximum Gasteiger partial charge on any atom is 0.0747 e.